The molecule has 0 aliphatic rings. The molecule has 1 aromatic heterocycles. The van der Waals surface area contributed by atoms with Gasteiger partial charge in [0.15, 0.2) is 6.10 Å². The highest BCUT2D eigenvalue weighted by atomic mass is 35.5. The summed E-state index contributed by atoms with van der Waals surface area (Å²) >= 11 is 7.35. The third-order valence-electron chi connectivity index (χ3n) is 3.02. The minimum atomic E-state index is -1.02. The van der Waals surface area contributed by atoms with E-state index in [9.17, 15) is 4.79 Å². The summed E-state index contributed by atoms with van der Waals surface area (Å²) in [6.07, 6.45) is -0.907. The number of benzene rings is 2. The molecule has 0 aliphatic carbocycles. The molecule has 1 heterocycles. The molecule has 5 nitrogen and oxygen atoms in total. The summed E-state index contributed by atoms with van der Waals surface area (Å²) in [6, 6.07) is 12.2. The standard InChI is InChI=1S/C16H12ClNO4S/c1-9(15(19)20)21-11-3-5-12(6-4-11)22-16-18-13-7-2-10(17)8-14(13)23-16/h2-9H,1H3,(H,19,20)/t9-/m1/s1. The Morgan fingerprint density at radius 2 is 1.91 bits per heavy atom. The van der Waals surface area contributed by atoms with Crippen LogP contribution in [0, 0.1) is 0 Å². The predicted molar refractivity (Wildman–Crippen MR) is 88.9 cm³/mol. The van der Waals surface area contributed by atoms with Crippen molar-refractivity contribution in [2.75, 3.05) is 0 Å². The van der Waals surface area contributed by atoms with Crippen LogP contribution in [0.4, 0.5) is 0 Å². The summed E-state index contributed by atoms with van der Waals surface area (Å²) in [7, 11) is 0. The SMILES string of the molecule is C[C@@H](Oc1ccc(Oc2nc3ccc(Cl)cc3s2)cc1)C(=O)O. The number of hydrogen-bond acceptors (Lipinski definition) is 5. The number of rotatable bonds is 5. The summed E-state index contributed by atoms with van der Waals surface area (Å²) in [4.78, 5) is 15.1. The molecule has 0 bridgehead atoms. The Bertz CT molecular complexity index is 847. The highest BCUT2D eigenvalue weighted by molar-refractivity contribution is 7.20. The fraction of sp³-hybridized carbons (Fsp3) is 0.125. The lowest BCUT2D eigenvalue weighted by atomic mass is 10.3. The number of halogens is 1. The van der Waals surface area contributed by atoms with Crippen molar-refractivity contribution in [2.24, 2.45) is 0 Å². The number of thiazole rings is 1. The van der Waals surface area contributed by atoms with Gasteiger partial charge in [0.25, 0.3) is 5.19 Å². The maximum absolute atomic E-state index is 10.8. The van der Waals surface area contributed by atoms with Crippen LogP contribution in [-0.2, 0) is 4.79 Å². The molecule has 0 fully saturated rings. The molecule has 1 N–H and O–H groups in total. The maximum Gasteiger partial charge on any atom is 0.344 e. The van der Waals surface area contributed by atoms with Gasteiger partial charge in [-0.3, -0.25) is 0 Å². The van der Waals surface area contributed by atoms with Crippen LogP contribution in [0.15, 0.2) is 42.5 Å². The smallest absolute Gasteiger partial charge is 0.344 e. The zero-order valence-electron chi connectivity index (χ0n) is 12.0. The van der Waals surface area contributed by atoms with E-state index >= 15 is 0 Å². The zero-order chi connectivity index (χ0) is 16.4. The Kier molecular flexibility index (Phi) is 4.36. The van der Waals surface area contributed by atoms with E-state index in [2.05, 4.69) is 4.98 Å². The van der Waals surface area contributed by atoms with E-state index in [1.165, 1.54) is 18.3 Å². The summed E-state index contributed by atoms with van der Waals surface area (Å²) in [6.45, 7) is 1.47. The highest BCUT2D eigenvalue weighted by Crippen LogP contribution is 2.33. The maximum atomic E-state index is 10.8. The molecule has 118 valence electrons. The molecule has 2 aromatic carbocycles. The third kappa shape index (κ3) is 3.72. The molecule has 0 unspecified atom stereocenters. The van der Waals surface area contributed by atoms with Crippen LogP contribution in [0.5, 0.6) is 16.7 Å². The molecule has 0 aliphatic heterocycles. The molecule has 1 atom stereocenters. The van der Waals surface area contributed by atoms with E-state index < -0.39 is 12.1 Å². The number of carboxylic acid groups (broad SMARTS) is 1. The van der Waals surface area contributed by atoms with Crippen molar-refractivity contribution in [3.63, 3.8) is 0 Å². The first-order valence-electron chi connectivity index (χ1n) is 6.75. The van der Waals surface area contributed by atoms with E-state index in [1.54, 1.807) is 30.3 Å². The lowest BCUT2D eigenvalue weighted by molar-refractivity contribution is -0.144. The van der Waals surface area contributed by atoms with Gasteiger partial charge in [-0.05, 0) is 49.4 Å². The van der Waals surface area contributed by atoms with Gasteiger partial charge in [-0.2, -0.15) is 0 Å². The van der Waals surface area contributed by atoms with Crippen molar-refractivity contribution in [2.45, 2.75) is 13.0 Å². The van der Waals surface area contributed by atoms with Gasteiger partial charge in [0.2, 0.25) is 0 Å². The Labute approximate surface area is 141 Å². The number of fused-ring (bicyclic) bond motifs is 1. The van der Waals surface area contributed by atoms with Crippen molar-refractivity contribution in [1.82, 2.24) is 4.98 Å². The van der Waals surface area contributed by atoms with Crippen LogP contribution in [0.1, 0.15) is 6.92 Å². The van der Waals surface area contributed by atoms with Crippen LogP contribution in [0.25, 0.3) is 10.2 Å². The van der Waals surface area contributed by atoms with Gasteiger partial charge in [-0.15, -0.1) is 0 Å². The fourth-order valence-corrected chi connectivity index (χ4v) is 2.97. The van der Waals surface area contributed by atoms with Crippen LogP contribution in [0.3, 0.4) is 0 Å². The molecule has 3 aromatic rings. The lowest BCUT2D eigenvalue weighted by Crippen LogP contribution is -2.22. The average molecular weight is 350 g/mol. The largest absolute Gasteiger partial charge is 0.479 e. The van der Waals surface area contributed by atoms with Crippen LogP contribution < -0.4 is 9.47 Å². The lowest BCUT2D eigenvalue weighted by Gasteiger charge is -2.10. The van der Waals surface area contributed by atoms with Crippen molar-refractivity contribution in [3.05, 3.63) is 47.5 Å². The van der Waals surface area contributed by atoms with Crippen LogP contribution in [-0.4, -0.2) is 22.2 Å². The molecule has 0 saturated carbocycles. The summed E-state index contributed by atoms with van der Waals surface area (Å²) in [5, 5.41) is 9.98. The van der Waals surface area contributed by atoms with Gasteiger partial charge in [-0.25, -0.2) is 9.78 Å². The highest BCUT2D eigenvalue weighted by Gasteiger charge is 2.12. The Balaban J connectivity index is 1.73. The molecule has 0 saturated heterocycles. The van der Waals surface area contributed by atoms with E-state index in [0.29, 0.717) is 21.7 Å². The summed E-state index contributed by atoms with van der Waals surface area (Å²) in [5.41, 5.74) is 0.824. The van der Waals surface area contributed by atoms with Gasteiger partial charge in [0.1, 0.15) is 11.5 Å². The second-order valence-corrected chi connectivity index (χ2v) is 6.19. The van der Waals surface area contributed by atoms with Crippen molar-refractivity contribution in [1.29, 1.82) is 0 Å². The normalized spacial score (nSPS) is 12.1. The zero-order valence-corrected chi connectivity index (χ0v) is 13.6. The number of aliphatic carboxylic acids is 1. The molecular formula is C16H12ClNO4S. The first-order valence-corrected chi connectivity index (χ1v) is 7.94. The molecule has 0 amide bonds. The molecule has 0 spiro atoms. The van der Waals surface area contributed by atoms with Gasteiger partial charge in [0.05, 0.1) is 10.2 Å². The summed E-state index contributed by atoms with van der Waals surface area (Å²) in [5.74, 6) is 0.0345. The molecule has 3 rings (SSSR count). The number of ether oxygens (including phenoxy) is 2. The first kappa shape index (κ1) is 15.6. The van der Waals surface area contributed by atoms with E-state index in [-0.39, 0.29) is 0 Å². The second kappa shape index (κ2) is 6.44. The number of hydrogen-bond donors (Lipinski definition) is 1. The molecule has 23 heavy (non-hydrogen) atoms. The first-order chi connectivity index (χ1) is 11.0. The summed E-state index contributed by atoms with van der Waals surface area (Å²) < 4.78 is 11.9. The van der Waals surface area contributed by atoms with E-state index in [1.807, 2.05) is 12.1 Å². The van der Waals surface area contributed by atoms with Gasteiger partial charge >= 0.3 is 5.97 Å². The predicted octanol–water partition coefficient (Wildman–Crippen LogP) is 4.59. The van der Waals surface area contributed by atoms with E-state index in [4.69, 9.17) is 26.2 Å². The van der Waals surface area contributed by atoms with Gasteiger partial charge < -0.3 is 14.6 Å². The van der Waals surface area contributed by atoms with Gasteiger partial charge in [0, 0.05) is 5.02 Å². The molecule has 7 heteroatoms. The topological polar surface area (TPSA) is 68.7 Å². The van der Waals surface area contributed by atoms with E-state index in [0.717, 1.165) is 10.2 Å². The van der Waals surface area contributed by atoms with Crippen molar-refractivity contribution >= 4 is 39.1 Å². The molecular weight excluding hydrogens is 338 g/mol. The minimum Gasteiger partial charge on any atom is -0.479 e. The Hall–Kier alpha value is -2.31. The van der Waals surface area contributed by atoms with Crippen molar-refractivity contribution < 1.29 is 19.4 Å². The van der Waals surface area contributed by atoms with Crippen molar-refractivity contribution in [3.8, 4) is 16.7 Å². The quantitative estimate of drug-likeness (QED) is 0.729. The molecule has 0 radical (unpaired) electrons. The number of aromatic nitrogens is 1. The number of carboxylic acids is 1. The van der Waals surface area contributed by atoms with Crippen LogP contribution >= 0.6 is 22.9 Å². The Morgan fingerprint density at radius 1 is 1.22 bits per heavy atom. The Morgan fingerprint density at radius 3 is 2.61 bits per heavy atom. The monoisotopic (exact) mass is 349 g/mol. The number of nitrogens with zero attached hydrogens (tertiary/aromatic N) is 1. The second-order valence-electron chi connectivity index (χ2n) is 4.76. The number of carbonyl (C=O) groups is 1. The third-order valence-corrected chi connectivity index (χ3v) is 4.15. The van der Waals surface area contributed by atoms with Crippen LogP contribution in [0.2, 0.25) is 5.02 Å². The minimum absolute atomic E-state index is 0.461. The fourth-order valence-electron chi connectivity index (χ4n) is 1.86. The van der Waals surface area contributed by atoms with Gasteiger partial charge in [-0.1, -0.05) is 22.9 Å². The average Bonchev–Trinajstić information content (AvgIpc) is 2.90.